The Kier molecular flexibility index (Phi) is 12.4. The zero-order valence-corrected chi connectivity index (χ0v) is 20.3. The number of esters is 1. The van der Waals surface area contributed by atoms with E-state index in [0.29, 0.717) is 6.42 Å². The summed E-state index contributed by atoms with van der Waals surface area (Å²) in [5.74, 6) is -1.43. The lowest BCUT2D eigenvalue weighted by molar-refractivity contribution is -0.149. The van der Waals surface area contributed by atoms with Crippen LogP contribution in [-0.4, -0.2) is 42.4 Å². The first-order chi connectivity index (χ1) is 15.6. The minimum absolute atomic E-state index is 0.0314. The van der Waals surface area contributed by atoms with Gasteiger partial charge in [-0.1, -0.05) is 45.3 Å². The van der Waals surface area contributed by atoms with E-state index in [9.17, 15) is 14.4 Å². The summed E-state index contributed by atoms with van der Waals surface area (Å²) in [6.45, 7) is 9.33. The Labute approximate surface area is 196 Å². The molecule has 0 amide bonds. The van der Waals surface area contributed by atoms with E-state index in [1.54, 1.807) is 26.0 Å². The van der Waals surface area contributed by atoms with Crippen molar-refractivity contribution in [3.8, 4) is 6.07 Å². The number of oxime groups is 1. The van der Waals surface area contributed by atoms with Crippen LogP contribution >= 0.6 is 0 Å². The standard InChI is InChI=1S/C24H37N3O6/c1-6-15(2)17(4)24(30)33-27-22(26)10-7-16(3)21(18(5)28)13-19-8-9-20(32-19)14-31-23(29)11-12-25/h7,10,15-17,19-21H,6,8-9,11,13-14H2,1-5H3,(H2,26,27)/b10-7-/t15?,16?,17?,19-,20+,21?/m1/s1. The van der Waals surface area contributed by atoms with Gasteiger partial charge in [0.1, 0.15) is 18.8 Å². The number of hydrogen-bond acceptors (Lipinski definition) is 8. The average molecular weight is 464 g/mol. The predicted octanol–water partition coefficient (Wildman–Crippen LogP) is 3.28. The minimum Gasteiger partial charge on any atom is -0.462 e. The predicted molar refractivity (Wildman–Crippen MR) is 123 cm³/mol. The van der Waals surface area contributed by atoms with Crippen LogP contribution in [0.5, 0.6) is 0 Å². The molecule has 184 valence electrons. The van der Waals surface area contributed by atoms with Crippen molar-refractivity contribution in [1.29, 1.82) is 5.26 Å². The van der Waals surface area contributed by atoms with Crippen LogP contribution in [0, 0.1) is 35.0 Å². The summed E-state index contributed by atoms with van der Waals surface area (Å²) in [6, 6.07) is 1.75. The van der Waals surface area contributed by atoms with E-state index >= 15 is 0 Å². The van der Waals surface area contributed by atoms with E-state index in [1.165, 1.54) is 6.08 Å². The van der Waals surface area contributed by atoms with Crippen LogP contribution in [0.2, 0.25) is 0 Å². The Morgan fingerprint density at radius 3 is 2.52 bits per heavy atom. The van der Waals surface area contributed by atoms with E-state index in [0.717, 1.165) is 19.3 Å². The number of amidine groups is 1. The first-order valence-electron chi connectivity index (χ1n) is 11.5. The number of nitriles is 1. The highest BCUT2D eigenvalue weighted by Gasteiger charge is 2.31. The van der Waals surface area contributed by atoms with Gasteiger partial charge in [0, 0.05) is 5.92 Å². The maximum atomic E-state index is 12.2. The number of nitrogens with zero attached hydrogens (tertiary/aromatic N) is 2. The van der Waals surface area contributed by atoms with Gasteiger partial charge in [-0.15, -0.1) is 0 Å². The molecule has 0 bridgehead atoms. The van der Waals surface area contributed by atoms with Gasteiger partial charge >= 0.3 is 11.9 Å². The van der Waals surface area contributed by atoms with Crippen molar-refractivity contribution in [1.82, 2.24) is 0 Å². The SMILES string of the molecule is CCC(C)C(C)C(=O)ON=C(N)/C=C\C(C)C(C[C@H]1CC[C@@H](COC(=O)CC#N)O1)C(C)=O. The van der Waals surface area contributed by atoms with Gasteiger partial charge in [0.25, 0.3) is 0 Å². The van der Waals surface area contributed by atoms with E-state index in [1.807, 2.05) is 20.8 Å². The molecule has 9 nitrogen and oxygen atoms in total. The molecule has 0 radical (unpaired) electrons. The van der Waals surface area contributed by atoms with E-state index < -0.39 is 11.9 Å². The fourth-order valence-corrected chi connectivity index (χ4v) is 3.59. The van der Waals surface area contributed by atoms with Gasteiger partial charge in [-0.2, -0.15) is 5.26 Å². The van der Waals surface area contributed by atoms with Gasteiger partial charge in [0.15, 0.2) is 5.84 Å². The number of allylic oxidation sites excluding steroid dienone is 1. The quantitative estimate of drug-likeness (QED) is 0.144. The van der Waals surface area contributed by atoms with Crippen molar-refractivity contribution in [2.45, 2.75) is 78.9 Å². The van der Waals surface area contributed by atoms with Crippen molar-refractivity contribution < 1.29 is 28.7 Å². The lowest BCUT2D eigenvalue weighted by Crippen LogP contribution is -2.26. The summed E-state index contributed by atoms with van der Waals surface area (Å²) in [4.78, 5) is 40.5. The Balaban J connectivity index is 2.58. The largest absolute Gasteiger partial charge is 0.462 e. The normalized spacial score (nSPS) is 22.2. The highest BCUT2D eigenvalue weighted by atomic mass is 16.7. The first kappa shape index (κ1) is 28.3. The number of ether oxygens (including phenoxy) is 2. The molecule has 0 saturated carbocycles. The molecule has 1 rings (SSSR count). The van der Waals surface area contributed by atoms with E-state index in [-0.39, 0.29) is 60.5 Å². The van der Waals surface area contributed by atoms with Gasteiger partial charge in [-0.05, 0) is 44.1 Å². The Morgan fingerprint density at radius 2 is 1.91 bits per heavy atom. The van der Waals surface area contributed by atoms with E-state index in [4.69, 9.17) is 25.3 Å². The smallest absolute Gasteiger partial charge is 0.338 e. The van der Waals surface area contributed by atoms with Gasteiger partial charge in [0.2, 0.25) is 0 Å². The molecule has 9 heteroatoms. The number of hydrogen-bond donors (Lipinski definition) is 1. The highest BCUT2D eigenvalue weighted by molar-refractivity contribution is 5.91. The number of nitrogens with two attached hydrogens (primary N) is 1. The summed E-state index contributed by atoms with van der Waals surface area (Å²) in [7, 11) is 0. The molecule has 1 aliphatic rings. The Morgan fingerprint density at radius 1 is 1.24 bits per heavy atom. The summed E-state index contributed by atoms with van der Waals surface area (Å²) in [5.41, 5.74) is 5.83. The van der Waals surface area contributed by atoms with Gasteiger partial charge in [-0.25, -0.2) is 4.79 Å². The highest BCUT2D eigenvalue weighted by Crippen LogP contribution is 2.29. The van der Waals surface area contributed by atoms with Crippen molar-refractivity contribution in [2.24, 2.45) is 34.6 Å². The van der Waals surface area contributed by atoms with Gasteiger partial charge in [-0.3, -0.25) is 9.59 Å². The molecule has 0 aromatic carbocycles. The molecule has 1 aliphatic heterocycles. The molecule has 0 aromatic rings. The molecule has 1 heterocycles. The molecular formula is C24H37N3O6. The number of Topliss-reactive ketones (excluding diaryl/α,β-unsaturated/α-hetero) is 1. The fraction of sp³-hybridized carbons (Fsp3) is 0.708. The molecule has 4 unspecified atom stereocenters. The minimum atomic E-state index is -0.566. The van der Waals surface area contributed by atoms with Crippen LogP contribution in [0.25, 0.3) is 0 Å². The molecular weight excluding hydrogens is 426 g/mol. The number of rotatable bonds is 13. The van der Waals surface area contributed by atoms with Crippen LogP contribution < -0.4 is 5.73 Å². The van der Waals surface area contributed by atoms with E-state index in [2.05, 4.69) is 5.16 Å². The topological polar surface area (TPSA) is 141 Å². The first-order valence-corrected chi connectivity index (χ1v) is 11.5. The third kappa shape index (κ3) is 10.2. The second kappa shape index (κ2) is 14.4. The number of carbonyl (C=O) groups excluding carboxylic acids is 3. The lowest BCUT2D eigenvalue weighted by Gasteiger charge is -2.22. The van der Waals surface area contributed by atoms with Crippen LogP contribution in [0.3, 0.4) is 0 Å². The average Bonchev–Trinajstić information content (AvgIpc) is 3.24. The zero-order chi connectivity index (χ0) is 25.0. The van der Waals surface area contributed by atoms with Crippen molar-refractivity contribution in [2.75, 3.05) is 6.61 Å². The zero-order valence-electron chi connectivity index (χ0n) is 20.3. The van der Waals surface area contributed by atoms with Crippen LogP contribution in [0.4, 0.5) is 0 Å². The second-order valence-electron chi connectivity index (χ2n) is 8.75. The molecule has 1 fully saturated rings. The molecule has 33 heavy (non-hydrogen) atoms. The Bertz CT molecular complexity index is 773. The summed E-state index contributed by atoms with van der Waals surface area (Å²) in [6.07, 6.45) is 5.54. The molecule has 0 aromatic heterocycles. The van der Waals surface area contributed by atoms with Crippen LogP contribution in [0.15, 0.2) is 17.3 Å². The molecule has 1 saturated heterocycles. The number of ketones is 1. The molecule has 0 spiro atoms. The fourth-order valence-electron chi connectivity index (χ4n) is 3.59. The monoisotopic (exact) mass is 463 g/mol. The summed E-state index contributed by atoms with van der Waals surface area (Å²) < 4.78 is 10.9. The summed E-state index contributed by atoms with van der Waals surface area (Å²) in [5, 5.41) is 12.2. The lowest BCUT2D eigenvalue weighted by atomic mass is 9.85. The molecule has 6 atom stereocenters. The van der Waals surface area contributed by atoms with Crippen molar-refractivity contribution >= 4 is 23.6 Å². The van der Waals surface area contributed by atoms with Gasteiger partial charge in [0.05, 0.1) is 24.2 Å². The maximum Gasteiger partial charge on any atom is 0.338 e. The third-order valence-corrected chi connectivity index (χ3v) is 6.20. The second-order valence-corrected chi connectivity index (χ2v) is 8.75. The maximum absolute atomic E-state index is 12.2. The third-order valence-electron chi connectivity index (χ3n) is 6.20. The molecule has 0 aliphatic carbocycles. The Hall–Kier alpha value is -2.73. The summed E-state index contributed by atoms with van der Waals surface area (Å²) >= 11 is 0. The van der Waals surface area contributed by atoms with Crippen molar-refractivity contribution in [3.63, 3.8) is 0 Å². The van der Waals surface area contributed by atoms with Crippen molar-refractivity contribution in [3.05, 3.63) is 12.2 Å². The van der Waals surface area contributed by atoms with Crippen LogP contribution in [0.1, 0.15) is 66.7 Å². The number of carbonyl (C=O) groups is 3. The molecule has 2 N–H and O–H groups in total. The van der Waals surface area contributed by atoms with Crippen LogP contribution in [-0.2, 0) is 28.7 Å². The van der Waals surface area contributed by atoms with Gasteiger partial charge < -0.3 is 20.0 Å².